The van der Waals surface area contributed by atoms with E-state index < -0.39 is 23.9 Å². The summed E-state index contributed by atoms with van der Waals surface area (Å²) in [5.74, 6) is -1.27. The minimum Gasteiger partial charge on any atom is -0.354 e. The SMILES string of the molecule is CC(=O)NC[C@@H]1Cn2nc3c(c2C(=O)N(C)O1)CN(C(=O)Nc1ccc(F)c(C#N)c1)CC3. The summed E-state index contributed by atoms with van der Waals surface area (Å²) in [7, 11) is 1.49. The monoisotopic (exact) mass is 455 g/mol. The quantitative estimate of drug-likeness (QED) is 0.710. The van der Waals surface area contributed by atoms with Crippen molar-refractivity contribution in [1.29, 1.82) is 5.26 Å². The van der Waals surface area contributed by atoms with Gasteiger partial charge in [0.15, 0.2) is 0 Å². The van der Waals surface area contributed by atoms with Gasteiger partial charge in [-0.2, -0.15) is 10.4 Å². The van der Waals surface area contributed by atoms with E-state index in [9.17, 15) is 18.8 Å². The topological polar surface area (TPSA) is 133 Å². The van der Waals surface area contributed by atoms with E-state index in [0.717, 1.165) is 16.8 Å². The fourth-order valence-corrected chi connectivity index (χ4v) is 3.87. The zero-order valence-corrected chi connectivity index (χ0v) is 18.1. The number of nitrogens with zero attached hydrogens (tertiary/aromatic N) is 5. The molecule has 0 spiro atoms. The Morgan fingerprint density at radius 2 is 2.18 bits per heavy atom. The van der Waals surface area contributed by atoms with Gasteiger partial charge in [-0.15, -0.1) is 0 Å². The van der Waals surface area contributed by atoms with E-state index >= 15 is 0 Å². The van der Waals surface area contributed by atoms with Crippen molar-refractivity contribution in [2.75, 3.05) is 25.5 Å². The third-order valence-electron chi connectivity index (χ3n) is 5.48. The lowest BCUT2D eigenvalue weighted by Crippen LogP contribution is -2.40. The van der Waals surface area contributed by atoms with Crippen LogP contribution in [0.1, 0.15) is 34.2 Å². The van der Waals surface area contributed by atoms with Gasteiger partial charge in [0.2, 0.25) is 5.91 Å². The molecule has 33 heavy (non-hydrogen) atoms. The molecule has 172 valence electrons. The Bertz CT molecular complexity index is 1170. The second-order valence-corrected chi connectivity index (χ2v) is 7.83. The molecular weight excluding hydrogens is 433 g/mol. The maximum absolute atomic E-state index is 13.5. The van der Waals surface area contributed by atoms with Crippen LogP contribution in [0.15, 0.2) is 18.2 Å². The molecule has 11 nitrogen and oxygen atoms in total. The molecule has 2 aromatic rings. The predicted molar refractivity (Wildman–Crippen MR) is 112 cm³/mol. The maximum atomic E-state index is 13.5. The number of nitriles is 1. The van der Waals surface area contributed by atoms with E-state index in [4.69, 9.17) is 10.1 Å². The van der Waals surface area contributed by atoms with Crippen molar-refractivity contribution in [3.05, 3.63) is 46.5 Å². The third kappa shape index (κ3) is 4.49. The Kier molecular flexibility index (Phi) is 5.97. The maximum Gasteiger partial charge on any atom is 0.322 e. The molecule has 1 atom stereocenters. The first kappa shape index (κ1) is 22.2. The molecule has 2 aliphatic rings. The van der Waals surface area contributed by atoms with Crippen molar-refractivity contribution in [2.24, 2.45) is 0 Å². The Balaban J connectivity index is 1.54. The summed E-state index contributed by atoms with van der Waals surface area (Å²) >= 11 is 0. The molecule has 1 aromatic heterocycles. The smallest absolute Gasteiger partial charge is 0.322 e. The van der Waals surface area contributed by atoms with Gasteiger partial charge in [0.05, 0.1) is 24.3 Å². The van der Waals surface area contributed by atoms with E-state index in [2.05, 4.69) is 15.7 Å². The second-order valence-electron chi connectivity index (χ2n) is 7.83. The second kappa shape index (κ2) is 8.87. The summed E-state index contributed by atoms with van der Waals surface area (Å²) in [5.41, 5.74) is 1.82. The molecule has 1 aromatic carbocycles. The van der Waals surface area contributed by atoms with Gasteiger partial charge < -0.3 is 15.5 Å². The summed E-state index contributed by atoms with van der Waals surface area (Å²) in [4.78, 5) is 44.2. The highest BCUT2D eigenvalue weighted by atomic mass is 19.1. The first-order valence-corrected chi connectivity index (χ1v) is 10.3. The van der Waals surface area contributed by atoms with Gasteiger partial charge in [-0.3, -0.25) is 19.1 Å². The van der Waals surface area contributed by atoms with Crippen LogP contribution in [0.25, 0.3) is 0 Å². The van der Waals surface area contributed by atoms with Crippen molar-refractivity contribution in [3.63, 3.8) is 0 Å². The first-order valence-electron chi connectivity index (χ1n) is 10.3. The molecule has 4 rings (SSSR count). The van der Waals surface area contributed by atoms with Crippen LogP contribution in [-0.2, 0) is 29.1 Å². The number of hydrogen-bond donors (Lipinski definition) is 2. The lowest BCUT2D eigenvalue weighted by Gasteiger charge is -2.27. The molecule has 4 amide bonds. The molecule has 0 radical (unpaired) electrons. The Morgan fingerprint density at radius 1 is 1.39 bits per heavy atom. The number of hydrogen-bond acceptors (Lipinski definition) is 6. The highest BCUT2D eigenvalue weighted by Gasteiger charge is 2.35. The van der Waals surface area contributed by atoms with E-state index in [1.165, 1.54) is 31.0 Å². The minimum absolute atomic E-state index is 0.152. The minimum atomic E-state index is -0.664. The van der Waals surface area contributed by atoms with Crippen LogP contribution < -0.4 is 10.6 Å². The Morgan fingerprint density at radius 3 is 2.91 bits per heavy atom. The number of nitrogens with one attached hydrogen (secondary N) is 2. The molecule has 0 saturated heterocycles. The lowest BCUT2D eigenvalue weighted by atomic mass is 10.1. The largest absolute Gasteiger partial charge is 0.354 e. The van der Waals surface area contributed by atoms with Gasteiger partial charge in [0.1, 0.15) is 23.7 Å². The Labute approximate surface area is 188 Å². The van der Waals surface area contributed by atoms with Crippen molar-refractivity contribution < 1.29 is 23.6 Å². The van der Waals surface area contributed by atoms with Crippen LogP contribution in [0.4, 0.5) is 14.9 Å². The lowest BCUT2D eigenvalue weighted by molar-refractivity contribution is -0.148. The summed E-state index contributed by atoms with van der Waals surface area (Å²) in [6, 6.07) is 5.05. The standard InChI is InChI=1S/C21H22FN7O4/c1-12(30)24-9-15-10-29-19(20(31)27(2)33-15)16-11-28(6-5-18(16)26-29)21(32)25-14-3-4-17(22)13(7-14)8-23/h3-4,7,15H,5-6,9-11H2,1-2H3,(H,24,30)(H,25,32)/t15-/m1/s1. The van der Waals surface area contributed by atoms with Gasteiger partial charge in [-0.05, 0) is 18.2 Å². The van der Waals surface area contributed by atoms with E-state index in [1.54, 1.807) is 10.8 Å². The molecule has 0 unspecified atom stereocenters. The zero-order chi connectivity index (χ0) is 23.7. The van der Waals surface area contributed by atoms with Crippen LogP contribution in [-0.4, -0.2) is 63.8 Å². The highest BCUT2D eigenvalue weighted by molar-refractivity contribution is 5.94. The predicted octanol–water partition coefficient (Wildman–Crippen LogP) is 1.01. The average molecular weight is 455 g/mol. The molecule has 2 N–H and O–H groups in total. The van der Waals surface area contributed by atoms with Crippen LogP contribution in [0.3, 0.4) is 0 Å². The van der Waals surface area contributed by atoms with Crippen LogP contribution in [0.2, 0.25) is 0 Å². The summed E-state index contributed by atoms with van der Waals surface area (Å²) < 4.78 is 15.1. The van der Waals surface area contributed by atoms with Gasteiger partial charge in [-0.25, -0.2) is 14.2 Å². The summed E-state index contributed by atoms with van der Waals surface area (Å²) in [6.45, 7) is 2.40. The van der Waals surface area contributed by atoms with Gasteiger partial charge in [-0.1, -0.05) is 0 Å². The van der Waals surface area contributed by atoms with Crippen molar-refractivity contribution in [2.45, 2.75) is 32.5 Å². The Hall–Kier alpha value is -3.98. The normalized spacial score (nSPS) is 17.5. The molecule has 12 heteroatoms. The van der Waals surface area contributed by atoms with Crippen molar-refractivity contribution >= 4 is 23.5 Å². The number of aromatic nitrogens is 2. The van der Waals surface area contributed by atoms with Gasteiger partial charge in [0.25, 0.3) is 5.91 Å². The van der Waals surface area contributed by atoms with E-state index in [-0.39, 0.29) is 31.1 Å². The van der Waals surface area contributed by atoms with Crippen molar-refractivity contribution in [3.8, 4) is 6.07 Å². The van der Waals surface area contributed by atoms with Gasteiger partial charge in [0, 0.05) is 44.7 Å². The molecule has 0 aliphatic carbocycles. The zero-order valence-electron chi connectivity index (χ0n) is 18.1. The molecule has 0 saturated carbocycles. The molecule has 3 heterocycles. The number of anilines is 1. The number of benzene rings is 1. The fourth-order valence-electron chi connectivity index (χ4n) is 3.87. The molecule has 0 bridgehead atoms. The number of rotatable bonds is 3. The van der Waals surface area contributed by atoms with E-state index in [0.29, 0.717) is 29.9 Å². The highest BCUT2D eigenvalue weighted by Crippen LogP contribution is 2.26. The number of hydroxylamine groups is 2. The first-order chi connectivity index (χ1) is 15.8. The molecule has 2 aliphatic heterocycles. The van der Waals surface area contributed by atoms with E-state index in [1.807, 2.05) is 0 Å². The van der Waals surface area contributed by atoms with Gasteiger partial charge >= 0.3 is 6.03 Å². The molecule has 0 fully saturated rings. The number of urea groups is 1. The number of halogens is 1. The number of fused-ring (bicyclic) bond motifs is 3. The summed E-state index contributed by atoms with van der Waals surface area (Å²) in [6.07, 6.45) is -0.0400. The number of amides is 4. The van der Waals surface area contributed by atoms with Crippen molar-refractivity contribution in [1.82, 2.24) is 25.1 Å². The number of carbonyl (C=O) groups excluding carboxylic acids is 3. The fraction of sp³-hybridized carbons (Fsp3) is 0.381. The average Bonchev–Trinajstić information content (AvgIpc) is 3.09. The third-order valence-corrected chi connectivity index (χ3v) is 5.48. The van der Waals surface area contributed by atoms with Crippen LogP contribution >= 0.6 is 0 Å². The van der Waals surface area contributed by atoms with Crippen LogP contribution in [0, 0.1) is 17.1 Å². The number of carbonyl (C=O) groups is 3. The summed E-state index contributed by atoms with van der Waals surface area (Å²) in [5, 5.41) is 20.0. The molecular formula is C21H22FN7O4. The van der Waals surface area contributed by atoms with Crippen LogP contribution in [0.5, 0.6) is 0 Å².